The summed E-state index contributed by atoms with van der Waals surface area (Å²) in [4.78, 5) is 0. The van der Waals surface area contributed by atoms with Crippen molar-refractivity contribution >= 4 is 0 Å². The van der Waals surface area contributed by atoms with E-state index in [1.54, 1.807) is 12.1 Å². The predicted octanol–water partition coefficient (Wildman–Crippen LogP) is 2.71. The lowest BCUT2D eigenvalue weighted by molar-refractivity contribution is 0.108. The number of halogens is 1. The van der Waals surface area contributed by atoms with Gasteiger partial charge < -0.3 is 10.4 Å². The van der Waals surface area contributed by atoms with Gasteiger partial charge in [-0.3, -0.25) is 0 Å². The predicted molar refractivity (Wildman–Crippen MR) is 68.9 cm³/mol. The Morgan fingerprint density at radius 2 is 2.11 bits per heavy atom. The van der Waals surface area contributed by atoms with Crippen molar-refractivity contribution in [2.75, 3.05) is 0 Å². The van der Waals surface area contributed by atoms with Crippen molar-refractivity contribution in [2.24, 2.45) is 0 Å². The summed E-state index contributed by atoms with van der Waals surface area (Å²) in [7, 11) is 0. The van der Waals surface area contributed by atoms with Gasteiger partial charge in [0.2, 0.25) is 0 Å². The SMILES string of the molecule is OC1CCCC(NC2CCc3cc(F)ccc32)C1. The molecule has 0 amide bonds. The lowest BCUT2D eigenvalue weighted by Crippen LogP contribution is -2.37. The number of hydrogen-bond donors (Lipinski definition) is 2. The van der Waals surface area contributed by atoms with E-state index in [1.165, 1.54) is 5.56 Å². The summed E-state index contributed by atoms with van der Waals surface area (Å²) in [5.74, 6) is -0.137. The average molecular weight is 249 g/mol. The van der Waals surface area contributed by atoms with E-state index >= 15 is 0 Å². The molecule has 1 aromatic carbocycles. The zero-order valence-electron chi connectivity index (χ0n) is 10.5. The molecule has 0 heterocycles. The number of aryl methyl sites for hydroxylation is 1. The van der Waals surface area contributed by atoms with Crippen LogP contribution in [0.3, 0.4) is 0 Å². The molecule has 2 aliphatic carbocycles. The van der Waals surface area contributed by atoms with Crippen molar-refractivity contribution in [1.29, 1.82) is 0 Å². The topological polar surface area (TPSA) is 32.3 Å². The molecule has 0 saturated heterocycles. The molecule has 1 aromatic rings. The maximum absolute atomic E-state index is 13.1. The molecule has 3 atom stereocenters. The molecule has 98 valence electrons. The zero-order valence-corrected chi connectivity index (χ0v) is 10.5. The second-order valence-electron chi connectivity index (χ2n) is 5.62. The quantitative estimate of drug-likeness (QED) is 0.844. The Labute approximate surface area is 107 Å². The van der Waals surface area contributed by atoms with Crippen LogP contribution in [0.2, 0.25) is 0 Å². The minimum atomic E-state index is -0.148. The molecule has 0 bridgehead atoms. The van der Waals surface area contributed by atoms with E-state index in [1.807, 2.05) is 6.07 Å². The van der Waals surface area contributed by atoms with E-state index in [0.717, 1.165) is 44.1 Å². The van der Waals surface area contributed by atoms with Crippen molar-refractivity contribution in [3.05, 3.63) is 35.1 Å². The molecule has 0 aliphatic heterocycles. The van der Waals surface area contributed by atoms with Crippen molar-refractivity contribution < 1.29 is 9.50 Å². The van der Waals surface area contributed by atoms with Crippen LogP contribution in [0.4, 0.5) is 4.39 Å². The first-order valence-corrected chi connectivity index (χ1v) is 6.95. The molecule has 2 aliphatic rings. The van der Waals surface area contributed by atoms with Gasteiger partial charge in [0.05, 0.1) is 6.10 Å². The standard InChI is InChI=1S/C15H20FNO/c16-11-5-6-14-10(8-11)4-7-15(14)17-12-2-1-3-13(18)9-12/h5-6,8,12-13,15,17-18H,1-4,7,9H2. The number of benzene rings is 1. The fourth-order valence-corrected chi connectivity index (χ4v) is 3.36. The van der Waals surface area contributed by atoms with Gasteiger partial charge in [0.25, 0.3) is 0 Å². The Kier molecular flexibility index (Phi) is 3.35. The first-order valence-electron chi connectivity index (χ1n) is 6.95. The van der Waals surface area contributed by atoms with Gasteiger partial charge in [-0.25, -0.2) is 4.39 Å². The van der Waals surface area contributed by atoms with E-state index in [4.69, 9.17) is 0 Å². The lowest BCUT2D eigenvalue weighted by Gasteiger charge is -2.29. The fourth-order valence-electron chi connectivity index (χ4n) is 3.36. The van der Waals surface area contributed by atoms with Crippen LogP contribution in [0.25, 0.3) is 0 Å². The monoisotopic (exact) mass is 249 g/mol. The molecule has 2 N–H and O–H groups in total. The Bertz CT molecular complexity index is 435. The third-order valence-electron chi connectivity index (χ3n) is 4.27. The van der Waals surface area contributed by atoms with Gasteiger partial charge in [-0.1, -0.05) is 6.07 Å². The highest BCUT2D eigenvalue weighted by molar-refractivity contribution is 5.35. The minimum Gasteiger partial charge on any atom is -0.393 e. The molecule has 3 heteroatoms. The minimum absolute atomic E-state index is 0.137. The highest BCUT2D eigenvalue weighted by Gasteiger charge is 2.27. The van der Waals surface area contributed by atoms with Crippen LogP contribution >= 0.6 is 0 Å². The summed E-state index contributed by atoms with van der Waals surface area (Å²) in [5.41, 5.74) is 2.39. The second kappa shape index (κ2) is 4.98. The van der Waals surface area contributed by atoms with Crippen LogP contribution in [0, 0.1) is 5.82 Å². The molecule has 3 unspecified atom stereocenters. The first kappa shape index (κ1) is 12.1. The van der Waals surface area contributed by atoms with Crippen molar-refractivity contribution in [3.8, 4) is 0 Å². The van der Waals surface area contributed by atoms with Crippen LogP contribution in [-0.2, 0) is 6.42 Å². The molecule has 0 aromatic heterocycles. The summed E-state index contributed by atoms with van der Waals surface area (Å²) >= 11 is 0. The molecular weight excluding hydrogens is 229 g/mol. The average Bonchev–Trinajstić information content (AvgIpc) is 2.72. The summed E-state index contributed by atoms with van der Waals surface area (Å²) in [6.45, 7) is 0. The first-order chi connectivity index (χ1) is 8.72. The molecule has 0 radical (unpaired) electrons. The van der Waals surface area contributed by atoms with Gasteiger partial charge in [0.15, 0.2) is 0 Å². The van der Waals surface area contributed by atoms with E-state index in [-0.39, 0.29) is 11.9 Å². The van der Waals surface area contributed by atoms with E-state index < -0.39 is 0 Å². The van der Waals surface area contributed by atoms with Crippen LogP contribution in [0.5, 0.6) is 0 Å². The molecule has 1 saturated carbocycles. The molecule has 3 rings (SSSR count). The maximum Gasteiger partial charge on any atom is 0.123 e. The number of hydrogen-bond acceptors (Lipinski definition) is 2. The Morgan fingerprint density at radius 1 is 1.22 bits per heavy atom. The Morgan fingerprint density at radius 3 is 2.94 bits per heavy atom. The van der Waals surface area contributed by atoms with Crippen molar-refractivity contribution in [1.82, 2.24) is 5.32 Å². The van der Waals surface area contributed by atoms with Gasteiger partial charge in [0, 0.05) is 12.1 Å². The zero-order chi connectivity index (χ0) is 12.5. The van der Waals surface area contributed by atoms with Gasteiger partial charge in [-0.2, -0.15) is 0 Å². The molecule has 1 fully saturated rings. The molecule has 18 heavy (non-hydrogen) atoms. The summed E-state index contributed by atoms with van der Waals surface area (Å²) < 4.78 is 13.1. The highest BCUT2D eigenvalue weighted by atomic mass is 19.1. The second-order valence-corrected chi connectivity index (χ2v) is 5.62. The van der Waals surface area contributed by atoms with Crippen molar-refractivity contribution in [3.63, 3.8) is 0 Å². The Balaban J connectivity index is 1.69. The summed E-state index contributed by atoms with van der Waals surface area (Å²) in [6.07, 6.45) is 5.89. The van der Waals surface area contributed by atoms with Crippen LogP contribution < -0.4 is 5.32 Å². The van der Waals surface area contributed by atoms with Gasteiger partial charge >= 0.3 is 0 Å². The molecular formula is C15H20FNO. The molecule has 2 nitrogen and oxygen atoms in total. The lowest BCUT2D eigenvalue weighted by atomic mass is 9.92. The summed E-state index contributed by atoms with van der Waals surface area (Å²) in [6, 6.07) is 5.88. The summed E-state index contributed by atoms with van der Waals surface area (Å²) in [5, 5.41) is 13.3. The number of fused-ring (bicyclic) bond motifs is 1. The third kappa shape index (κ3) is 2.43. The van der Waals surface area contributed by atoms with Gasteiger partial charge in [0.1, 0.15) is 5.82 Å². The van der Waals surface area contributed by atoms with Crippen molar-refractivity contribution in [2.45, 2.75) is 56.7 Å². The smallest absolute Gasteiger partial charge is 0.123 e. The van der Waals surface area contributed by atoms with Crippen LogP contribution in [0.1, 0.15) is 49.3 Å². The van der Waals surface area contributed by atoms with Crippen LogP contribution in [-0.4, -0.2) is 17.3 Å². The maximum atomic E-state index is 13.1. The normalized spacial score (nSPS) is 31.3. The van der Waals surface area contributed by atoms with E-state index in [2.05, 4.69) is 5.32 Å². The van der Waals surface area contributed by atoms with E-state index in [0.29, 0.717) is 12.1 Å². The Hall–Kier alpha value is -0.930. The van der Waals surface area contributed by atoms with Crippen LogP contribution in [0.15, 0.2) is 18.2 Å². The fraction of sp³-hybridized carbons (Fsp3) is 0.600. The number of rotatable bonds is 2. The molecule has 0 spiro atoms. The number of nitrogens with one attached hydrogen (secondary N) is 1. The third-order valence-corrected chi connectivity index (χ3v) is 4.27. The van der Waals surface area contributed by atoms with Gasteiger partial charge in [-0.05, 0) is 61.8 Å². The number of aliphatic hydroxyl groups is 1. The largest absolute Gasteiger partial charge is 0.393 e. The highest BCUT2D eigenvalue weighted by Crippen LogP contribution is 2.33. The number of aliphatic hydroxyl groups excluding tert-OH is 1. The van der Waals surface area contributed by atoms with Gasteiger partial charge in [-0.15, -0.1) is 0 Å². The van der Waals surface area contributed by atoms with E-state index in [9.17, 15) is 9.50 Å².